The number of phenols is 1. The van der Waals surface area contributed by atoms with Crippen LogP contribution in [0.3, 0.4) is 0 Å². The third-order valence-corrected chi connectivity index (χ3v) is 3.31. The Balaban J connectivity index is 0.00000200. The standard InChI is InChI=1S/C13H17N3O3.2ClH/c1-2-12(15-7-5-14-6-8-15)11-9-10(16(18)19)3-4-13(11)17;;/h2-4,9,12,14,17H,1,5-8H2;2*1H/t12-;;/m0../s1. The van der Waals surface area contributed by atoms with Crippen LogP contribution < -0.4 is 5.32 Å². The zero-order valence-electron chi connectivity index (χ0n) is 11.4. The second kappa shape index (κ2) is 8.84. The van der Waals surface area contributed by atoms with Gasteiger partial charge in [-0.3, -0.25) is 15.0 Å². The third-order valence-electron chi connectivity index (χ3n) is 3.31. The van der Waals surface area contributed by atoms with E-state index in [0.717, 1.165) is 26.2 Å². The maximum Gasteiger partial charge on any atom is 0.270 e. The van der Waals surface area contributed by atoms with Crippen LogP contribution in [0.1, 0.15) is 11.6 Å². The summed E-state index contributed by atoms with van der Waals surface area (Å²) in [6, 6.07) is 3.88. The van der Waals surface area contributed by atoms with Gasteiger partial charge in [-0.25, -0.2) is 0 Å². The molecule has 1 aromatic carbocycles. The summed E-state index contributed by atoms with van der Waals surface area (Å²) in [5, 5.41) is 24.0. The number of piperazine rings is 1. The number of hydrogen-bond donors (Lipinski definition) is 2. The van der Waals surface area contributed by atoms with Crippen molar-refractivity contribution in [2.75, 3.05) is 26.2 Å². The van der Waals surface area contributed by atoms with Crippen molar-refractivity contribution in [1.82, 2.24) is 10.2 Å². The number of non-ortho nitro benzene ring substituents is 1. The Kier molecular flexibility index (Phi) is 8.27. The predicted molar refractivity (Wildman–Crippen MR) is 86.6 cm³/mol. The van der Waals surface area contributed by atoms with Crippen LogP contribution in [-0.2, 0) is 0 Å². The van der Waals surface area contributed by atoms with E-state index in [1.165, 1.54) is 18.2 Å². The molecule has 1 heterocycles. The monoisotopic (exact) mass is 335 g/mol. The molecule has 2 N–H and O–H groups in total. The van der Waals surface area contributed by atoms with Gasteiger partial charge in [-0.1, -0.05) is 6.08 Å². The third kappa shape index (κ3) is 4.57. The molecular weight excluding hydrogens is 317 g/mol. The van der Waals surface area contributed by atoms with Gasteiger partial charge in [0, 0.05) is 43.9 Å². The van der Waals surface area contributed by atoms with Crippen molar-refractivity contribution < 1.29 is 10.0 Å². The molecule has 8 heteroatoms. The van der Waals surface area contributed by atoms with Gasteiger partial charge in [0.15, 0.2) is 0 Å². The van der Waals surface area contributed by atoms with Crippen molar-refractivity contribution in [1.29, 1.82) is 0 Å². The van der Waals surface area contributed by atoms with Gasteiger partial charge in [0.25, 0.3) is 5.69 Å². The maximum absolute atomic E-state index is 10.8. The van der Waals surface area contributed by atoms with Gasteiger partial charge in [0.1, 0.15) is 5.75 Å². The van der Waals surface area contributed by atoms with Crippen LogP contribution in [0.25, 0.3) is 0 Å². The number of nitrogens with zero attached hydrogens (tertiary/aromatic N) is 2. The minimum atomic E-state index is -0.457. The molecule has 0 aliphatic carbocycles. The topological polar surface area (TPSA) is 78.6 Å². The van der Waals surface area contributed by atoms with Crippen LogP contribution >= 0.6 is 24.8 Å². The Bertz CT molecular complexity index is 494. The molecule has 1 aliphatic heterocycles. The highest BCUT2D eigenvalue weighted by Gasteiger charge is 2.23. The molecule has 0 spiro atoms. The number of nitro benzene ring substituents is 1. The smallest absolute Gasteiger partial charge is 0.270 e. The lowest BCUT2D eigenvalue weighted by atomic mass is 10.0. The second-order valence-electron chi connectivity index (χ2n) is 4.47. The lowest BCUT2D eigenvalue weighted by Gasteiger charge is -2.33. The Labute approximate surface area is 135 Å². The first-order chi connectivity index (χ1) is 9.13. The van der Waals surface area contributed by atoms with E-state index in [0.29, 0.717) is 5.56 Å². The molecule has 0 bridgehead atoms. The molecule has 6 nitrogen and oxygen atoms in total. The van der Waals surface area contributed by atoms with Gasteiger partial charge >= 0.3 is 0 Å². The molecule has 118 valence electrons. The summed E-state index contributed by atoms with van der Waals surface area (Å²) in [5.74, 6) is 0.0639. The van der Waals surface area contributed by atoms with E-state index in [9.17, 15) is 15.2 Å². The quantitative estimate of drug-likeness (QED) is 0.501. The van der Waals surface area contributed by atoms with E-state index in [-0.39, 0.29) is 42.3 Å². The Morgan fingerprint density at radius 2 is 2.00 bits per heavy atom. The Morgan fingerprint density at radius 3 is 2.52 bits per heavy atom. The van der Waals surface area contributed by atoms with Crippen LogP contribution in [0, 0.1) is 10.1 Å². The van der Waals surface area contributed by atoms with Gasteiger partial charge in [-0.05, 0) is 6.07 Å². The average Bonchev–Trinajstić information content (AvgIpc) is 2.42. The number of aromatic hydroxyl groups is 1. The molecule has 0 saturated carbocycles. The largest absolute Gasteiger partial charge is 0.508 e. The molecule has 21 heavy (non-hydrogen) atoms. The molecule has 0 unspecified atom stereocenters. The molecule has 1 saturated heterocycles. The zero-order chi connectivity index (χ0) is 13.8. The van der Waals surface area contributed by atoms with E-state index in [4.69, 9.17) is 0 Å². The van der Waals surface area contributed by atoms with E-state index in [2.05, 4.69) is 16.8 Å². The summed E-state index contributed by atoms with van der Waals surface area (Å²) >= 11 is 0. The molecule has 1 aliphatic rings. The van der Waals surface area contributed by atoms with Crippen LogP contribution in [0.4, 0.5) is 5.69 Å². The summed E-state index contributed by atoms with van der Waals surface area (Å²) in [6.45, 7) is 7.14. The van der Waals surface area contributed by atoms with Crippen molar-refractivity contribution in [2.45, 2.75) is 6.04 Å². The normalized spacial score (nSPS) is 16.2. The second-order valence-corrected chi connectivity index (χ2v) is 4.47. The molecule has 0 radical (unpaired) electrons. The minimum Gasteiger partial charge on any atom is -0.508 e. The molecule has 1 fully saturated rings. The fraction of sp³-hybridized carbons (Fsp3) is 0.385. The summed E-state index contributed by atoms with van der Waals surface area (Å²) < 4.78 is 0. The fourth-order valence-corrected chi connectivity index (χ4v) is 2.33. The van der Waals surface area contributed by atoms with E-state index < -0.39 is 4.92 Å². The first-order valence-electron chi connectivity index (χ1n) is 6.18. The van der Waals surface area contributed by atoms with Crippen molar-refractivity contribution >= 4 is 30.5 Å². The van der Waals surface area contributed by atoms with Crippen LogP contribution in [0.5, 0.6) is 5.75 Å². The fourth-order valence-electron chi connectivity index (χ4n) is 2.33. The first kappa shape index (κ1) is 19.7. The number of nitro groups is 1. The van der Waals surface area contributed by atoms with Crippen LogP contribution in [0.15, 0.2) is 30.9 Å². The molecule has 2 rings (SSSR count). The van der Waals surface area contributed by atoms with Crippen molar-refractivity contribution in [3.05, 3.63) is 46.5 Å². The van der Waals surface area contributed by atoms with Crippen molar-refractivity contribution in [2.24, 2.45) is 0 Å². The van der Waals surface area contributed by atoms with Crippen molar-refractivity contribution in [3.63, 3.8) is 0 Å². The number of benzene rings is 1. The molecule has 0 aromatic heterocycles. The highest BCUT2D eigenvalue weighted by atomic mass is 35.5. The van der Waals surface area contributed by atoms with Crippen LogP contribution in [-0.4, -0.2) is 41.1 Å². The first-order valence-corrected chi connectivity index (χ1v) is 6.18. The number of halogens is 2. The highest BCUT2D eigenvalue weighted by Crippen LogP contribution is 2.32. The number of phenolic OH excluding ortho intramolecular Hbond substituents is 1. The molecular formula is C13H19Cl2N3O3. The van der Waals surface area contributed by atoms with E-state index in [1.807, 2.05) is 0 Å². The maximum atomic E-state index is 10.8. The minimum absolute atomic E-state index is 0. The van der Waals surface area contributed by atoms with Crippen molar-refractivity contribution in [3.8, 4) is 5.75 Å². The predicted octanol–water partition coefficient (Wildman–Crippen LogP) is 2.28. The SMILES string of the molecule is C=C[C@@H](c1cc([N+](=O)[O-])ccc1O)N1CCNCC1.Cl.Cl. The van der Waals surface area contributed by atoms with Crippen LogP contribution in [0.2, 0.25) is 0 Å². The zero-order valence-corrected chi connectivity index (χ0v) is 13.0. The van der Waals surface area contributed by atoms with E-state index >= 15 is 0 Å². The highest BCUT2D eigenvalue weighted by molar-refractivity contribution is 5.85. The lowest BCUT2D eigenvalue weighted by Crippen LogP contribution is -2.44. The Hall–Kier alpha value is -1.34. The van der Waals surface area contributed by atoms with Gasteiger partial charge in [0.2, 0.25) is 0 Å². The van der Waals surface area contributed by atoms with E-state index in [1.54, 1.807) is 6.08 Å². The van der Waals surface area contributed by atoms with Gasteiger partial charge < -0.3 is 10.4 Å². The average molecular weight is 336 g/mol. The van der Waals surface area contributed by atoms with Gasteiger partial charge in [-0.15, -0.1) is 31.4 Å². The number of nitrogens with one attached hydrogen (secondary N) is 1. The molecule has 1 atom stereocenters. The van der Waals surface area contributed by atoms with Gasteiger partial charge in [-0.2, -0.15) is 0 Å². The molecule has 0 amide bonds. The number of rotatable bonds is 4. The lowest BCUT2D eigenvalue weighted by molar-refractivity contribution is -0.385. The van der Waals surface area contributed by atoms with Gasteiger partial charge in [0.05, 0.1) is 11.0 Å². The Morgan fingerprint density at radius 1 is 1.38 bits per heavy atom. The summed E-state index contributed by atoms with van der Waals surface area (Å²) in [4.78, 5) is 12.5. The summed E-state index contributed by atoms with van der Waals surface area (Å²) in [7, 11) is 0. The molecule has 1 aromatic rings. The summed E-state index contributed by atoms with van der Waals surface area (Å²) in [5.41, 5.74) is 0.515. The summed E-state index contributed by atoms with van der Waals surface area (Å²) in [6.07, 6.45) is 1.71. The number of hydrogen-bond acceptors (Lipinski definition) is 5.